The van der Waals surface area contributed by atoms with Crippen LogP contribution in [0.3, 0.4) is 0 Å². The number of nitrogens with zero attached hydrogens (tertiary/aromatic N) is 2. The molecular weight excluding hydrogens is 853 g/mol. The van der Waals surface area contributed by atoms with Crippen LogP contribution in [0, 0.1) is 0 Å². The van der Waals surface area contributed by atoms with Crippen molar-refractivity contribution in [3.63, 3.8) is 0 Å². The van der Waals surface area contributed by atoms with E-state index in [4.69, 9.17) is 0 Å². The van der Waals surface area contributed by atoms with E-state index in [-0.39, 0.29) is 0 Å². The molecule has 0 N–H and O–H groups in total. The van der Waals surface area contributed by atoms with Gasteiger partial charge in [-0.3, -0.25) is 0 Å². The van der Waals surface area contributed by atoms with Crippen LogP contribution in [0.2, 0.25) is 0 Å². The van der Waals surface area contributed by atoms with Gasteiger partial charge in [-0.2, -0.15) is 0 Å². The highest BCUT2D eigenvalue weighted by molar-refractivity contribution is 7.26. The maximum Gasteiger partial charge on any atom is 0.0555 e. The maximum atomic E-state index is 2.49. The zero-order valence-corrected chi connectivity index (χ0v) is 38.4. The first-order valence-corrected chi connectivity index (χ1v) is 24.5. The molecule has 0 amide bonds. The predicted octanol–water partition coefficient (Wildman–Crippen LogP) is 19.1. The van der Waals surface area contributed by atoms with Crippen LogP contribution in [-0.4, -0.2) is 4.57 Å². The molecule has 0 unspecified atom stereocenters. The number of anilines is 3. The Kier molecular flexibility index (Phi) is 9.11. The number of thiophene rings is 1. The van der Waals surface area contributed by atoms with Gasteiger partial charge in [0.25, 0.3) is 0 Å². The molecule has 0 spiro atoms. The van der Waals surface area contributed by atoms with Crippen molar-refractivity contribution in [1.82, 2.24) is 4.57 Å². The third-order valence-corrected chi connectivity index (χ3v) is 15.4. The Balaban J connectivity index is 1.00. The lowest BCUT2D eigenvalue weighted by molar-refractivity contribution is 1.20. The van der Waals surface area contributed by atoms with Crippen LogP contribution in [0.1, 0.15) is 0 Å². The van der Waals surface area contributed by atoms with Crippen molar-refractivity contribution in [1.29, 1.82) is 0 Å². The van der Waals surface area contributed by atoms with E-state index in [9.17, 15) is 0 Å². The van der Waals surface area contributed by atoms with E-state index >= 15 is 0 Å². The molecule has 2 heterocycles. The molecule has 322 valence electrons. The molecule has 0 atom stereocenters. The summed E-state index contributed by atoms with van der Waals surface area (Å²) in [5.41, 5.74) is 14.2. The summed E-state index contributed by atoms with van der Waals surface area (Å²) < 4.78 is 5.01. The van der Waals surface area contributed by atoms with Crippen molar-refractivity contribution in [3.8, 4) is 39.1 Å². The van der Waals surface area contributed by atoms with Gasteiger partial charge in [0, 0.05) is 53.3 Å². The van der Waals surface area contributed by atoms with E-state index in [2.05, 4.69) is 264 Å². The molecule has 0 saturated carbocycles. The quantitative estimate of drug-likeness (QED) is 0.155. The second-order valence-corrected chi connectivity index (χ2v) is 19.0. The van der Waals surface area contributed by atoms with Crippen molar-refractivity contribution in [2.75, 3.05) is 4.90 Å². The van der Waals surface area contributed by atoms with Crippen molar-refractivity contribution in [2.24, 2.45) is 0 Å². The number of hydrogen-bond acceptors (Lipinski definition) is 2. The van der Waals surface area contributed by atoms with Crippen LogP contribution in [0.25, 0.3) is 113 Å². The monoisotopic (exact) mass is 894 g/mol. The Bertz CT molecular complexity index is 4310. The molecule has 0 aliphatic rings. The molecule has 3 heteroatoms. The van der Waals surface area contributed by atoms with Crippen LogP contribution >= 0.6 is 11.3 Å². The van der Waals surface area contributed by atoms with Crippen molar-refractivity contribution in [2.45, 2.75) is 0 Å². The summed E-state index contributed by atoms with van der Waals surface area (Å²) in [7, 11) is 0. The molecule has 2 nitrogen and oxygen atoms in total. The Morgan fingerprint density at radius 3 is 1.67 bits per heavy atom. The Hall–Kier alpha value is -8.76. The highest BCUT2D eigenvalue weighted by Crippen LogP contribution is 2.50. The van der Waals surface area contributed by atoms with E-state index in [0.717, 1.165) is 22.6 Å². The summed E-state index contributed by atoms with van der Waals surface area (Å²) in [4.78, 5) is 2.49. The average Bonchev–Trinajstić information content (AvgIpc) is 3.98. The summed E-state index contributed by atoms with van der Waals surface area (Å²) in [6.45, 7) is 0. The van der Waals surface area contributed by atoms with Gasteiger partial charge in [0.2, 0.25) is 0 Å². The SMILES string of the molecule is c1cc(-c2cccc3c2c2ccccc2n3-c2cccc3ccccc23)cc(N(c2ccc(-c3cccc4ccccc34)cc2)c2ccc(-c3cccc4ccccc34)c3sc4ccccc4c23)c1. The Morgan fingerprint density at radius 1 is 0.319 bits per heavy atom. The topological polar surface area (TPSA) is 8.17 Å². The van der Waals surface area contributed by atoms with E-state index in [1.54, 1.807) is 0 Å². The van der Waals surface area contributed by atoms with Gasteiger partial charge in [-0.15, -0.1) is 11.3 Å². The fourth-order valence-electron chi connectivity index (χ4n) is 11.1. The van der Waals surface area contributed by atoms with E-state index in [0.29, 0.717) is 0 Å². The van der Waals surface area contributed by atoms with Crippen molar-refractivity contribution >= 4 is 103 Å². The lowest BCUT2D eigenvalue weighted by Gasteiger charge is -2.28. The van der Waals surface area contributed by atoms with Gasteiger partial charge in [0.15, 0.2) is 0 Å². The van der Waals surface area contributed by atoms with Gasteiger partial charge < -0.3 is 9.47 Å². The first kappa shape index (κ1) is 39.4. The van der Waals surface area contributed by atoms with E-state index in [1.165, 1.54) is 108 Å². The van der Waals surface area contributed by atoms with Gasteiger partial charge in [-0.25, -0.2) is 0 Å². The molecule has 0 radical (unpaired) electrons. The number of fused-ring (bicyclic) bond motifs is 9. The minimum Gasteiger partial charge on any atom is -0.310 e. The van der Waals surface area contributed by atoms with Crippen LogP contribution in [0.15, 0.2) is 255 Å². The average molecular weight is 895 g/mol. The molecule has 14 rings (SSSR count). The summed E-state index contributed by atoms with van der Waals surface area (Å²) in [6, 6.07) is 93.8. The minimum absolute atomic E-state index is 1.09. The molecule has 69 heavy (non-hydrogen) atoms. The van der Waals surface area contributed by atoms with Gasteiger partial charge in [-0.1, -0.05) is 200 Å². The Labute approximate surface area is 403 Å². The zero-order valence-electron chi connectivity index (χ0n) is 37.6. The molecule has 0 aliphatic carbocycles. The fourth-order valence-corrected chi connectivity index (χ4v) is 12.4. The summed E-state index contributed by atoms with van der Waals surface area (Å²) in [6.07, 6.45) is 0. The third kappa shape index (κ3) is 6.32. The van der Waals surface area contributed by atoms with Gasteiger partial charge in [0.1, 0.15) is 0 Å². The molecule has 14 aromatic rings. The lowest BCUT2D eigenvalue weighted by atomic mass is 9.95. The number of para-hydroxylation sites is 1. The smallest absolute Gasteiger partial charge is 0.0555 e. The largest absolute Gasteiger partial charge is 0.310 e. The number of benzene rings is 12. The van der Waals surface area contributed by atoms with Crippen molar-refractivity contribution < 1.29 is 0 Å². The molecule has 0 bridgehead atoms. The molecule has 2 aromatic heterocycles. The van der Waals surface area contributed by atoms with Crippen LogP contribution in [0.5, 0.6) is 0 Å². The van der Waals surface area contributed by atoms with Crippen molar-refractivity contribution in [3.05, 3.63) is 255 Å². The molecule has 0 fully saturated rings. The minimum atomic E-state index is 1.09. The number of rotatable bonds is 7. The predicted molar refractivity (Wildman–Crippen MR) is 297 cm³/mol. The van der Waals surface area contributed by atoms with Gasteiger partial charge in [-0.05, 0) is 109 Å². The zero-order chi connectivity index (χ0) is 45.4. The summed E-state index contributed by atoms with van der Waals surface area (Å²) in [5, 5.41) is 12.5. The normalized spacial score (nSPS) is 11.8. The number of aromatic nitrogens is 1. The first-order chi connectivity index (χ1) is 34.2. The maximum absolute atomic E-state index is 2.49. The number of hydrogen-bond donors (Lipinski definition) is 0. The van der Waals surface area contributed by atoms with Crippen LogP contribution in [-0.2, 0) is 0 Å². The first-order valence-electron chi connectivity index (χ1n) is 23.7. The summed E-state index contributed by atoms with van der Waals surface area (Å²) in [5.74, 6) is 0. The van der Waals surface area contributed by atoms with Crippen LogP contribution < -0.4 is 4.90 Å². The third-order valence-electron chi connectivity index (χ3n) is 14.2. The highest BCUT2D eigenvalue weighted by Gasteiger charge is 2.23. The lowest BCUT2D eigenvalue weighted by Crippen LogP contribution is -2.10. The van der Waals surface area contributed by atoms with Gasteiger partial charge >= 0.3 is 0 Å². The van der Waals surface area contributed by atoms with Crippen LogP contribution in [0.4, 0.5) is 17.1 Å². The second kappa shape index (κ2) is 16.0. The molecular formula is C66H42N2S. The highest BCUT2D eigenvalue weighted by atomic mass is 32.1. The van der Waals surface area contributed by atoms with E-state index in [1.807, 2.05) is 11.3 Å². The fraction of sp³-hybridized carbons (Fsp3) is 0. The van der Waals surface area contributed by atoms with Gasteiger partial charge in [0.05, 0.1) is 22.4 Å². The summed E-state index contributed by atoms with van der Waals surface area (Å²) >= 11 is 1.89. The second-order valence-electron chi connectivity index (χ2n) is 18.0. The molecule has 0 aliphatic heterocycles. The Morgan fingerprint density at radius 2 is 0.884 bits per heavy atom. The standard InChI is InChI=1S/C66H42N2S/c1-4-24-50-43(16-1)19-12-29-51(50)46-36-38-48(39-37-46)67(62-41-40-56(55-31-13-20-44-17-2-5-25-52(44)55)66-65(62)58-28-8-10-35-63(58)69-66)49-23-11-22-47(42-49)54-30-15-34-61-64(54)57-27-7-9-32-60(57)68(61)59-33-14-21-45-18-3-6-26-53(45)59/h1-42H. The molecule has 0 saturated heterocycles. The molecule has 12 aromatic carbocycles. The van der Waals surface area contributed by atoms with E-state index < -0.39 is 0 Å².